The van der Waals surface area contributed by atoms with Crippen molar-refractivity contribution in [3.05, 3.63) is 25.3 Å². The molecule has 4 unspecified atom stereocenters. The van der Waals surface area contributed by atoms with Crippen LogP contribution < -0.4 is 0 Å². The average molecular weight is 242 g/mol. The molecule has 0 spiro atoms. The molecule has 0 aliphatic carbocycles. The van der Waals surface area contributed by atoms with Crippen LogP contribution in [-0.2, 0) is 24.3 Å². The van der Waals surface area contributed by atoms with E-state index in [0.29, 0.717) is 26.1 Å². The maximum Gasteiger partial charge on any atom is 0.128 e. The fraction of sp³-hybridized carbons (Fsp3) is 0.667. The summed E-state index contributed by atoms with van der Waals surface area (Å²) >= 11 is 0. The third kappa shape index (κ3) is 4.22. The summed E-state index contributed by atoms with van der Waals surface area (Å²) in [6, 6.07) is 0. The van der Waals surface area contributed by atoms with Crippen molar-refractivity contribution in [1.29, 1.82) is 0 Å². The quantitative estimate of drug-likeness (QED) is 0.252. The molecule has 5 heteroatoms. The third-order valence-electron chi connectivity index (χ3n) is 2.67. The first-order valence-electron chi connectivity index (χ1n) is 5.79. The topological polar surface area (TPSA) is 52.8 Å². The standard InChI is InChI=1S/C12H18O5/c1-3-5-9(11-7-13-11)15-17-16-10(6-4-2)12-8-14-12/h3-4,9-12H,1-2,5-8H2. The minimum atomic E-state index is -0.156. The fourth-order valence-electron chi connectivity index (χ4n) is 1.50. The van der Waals surface area contributed by atoms with Gasteiger partial charge in [0.05, 0.1) is 13.2 Å². The van der Waals surface area contributed by atoms with Crippen molar-refractivity contribution in [3.63, 3.8) is 0 Å². The lowest BCUT2D eigenvalue weighted by molar-refractivity contribution is -0.540. The Morgan fingerprint density at radius 1 is 1.00 bits per heavy atom. The Balaban J connectivity index is 1.65. The van der Waals surface area contributed by atoms with Gasteiger partial charge in [0.15, 0.2) is 0 Å². The molecule has 2 fully saturated rings. The predicted octanol–water partition coefficient (Wildman–Crippen LogP) is 1.55. The lowest BCUT2D eigenvalue weighted by Gasteiger charge is -2.15. The van der Waals surface area contributed by atoms with Crippen LogP contribution in [0, 0.1) is 0 Å². The van der Waals surface area contributed by atoms with Crippen molar-refractivity contribution in [3.8, 4) is 0 Å². The van der Waals surface area contributed by atoms with Crippen LogP contribution >= 0.6 is 0 Å². The molecule has 2 aliphatic rings. The number of ether oxygens (including phenoxy) is 2. The Bertz CT molecular complexity index is 234. The van der Waals surface area contributed by atoms with E-state index in [1.807, 2.05) is 0 Å². The van der Waals surface area contributed by atoms with Crippen LogP contribution in [0.1, 0.15) is 12.8 Å². The second-order valence-corrected chi connectivity index (χ2v) is 4.13. The molecule has 0 aromatic carbocycles. The van der Waals surface area contributed by atoms with Gasteiger partial charge >= 0.3 is 0 Å². The van der Waals surface area contributed by atoms with Crippen LogP contribution in [-0.4, -0.2) is 37.6 Å². The molecule has 17 heavy (non-hydrogen) atoms. The summed E-state index contributed by atoms with van der Waals surface area (Å²) in [6.45, 7) is 8.71. The lowest BCUT2D eigenvalue weighted by atomic mass is 10.2. The summed E-state index contributed by atoms with van der Waals surface area (Å²) in [5.74, 6) is 0. The van der Waals surface area contributed by atoms with Crippen molar-refractivity contribution in [2.45, 2.75) is 37.3 Å². The first-order valence-corrected chi connectivity index (χ1v) is 5.79. The van der Waals surface area contributed by atoms with Crippen LogP contribution in [0.4, 0.5) is 0 Å². The van der Waals surface area contributed by atoms with E-state index in [0.717, 1.165) is 0 Å². The van der Waals surface area contributed by atoms with Crippen molar-refractivity contribution in [2.24, 2.45) is 0 Å². The summed E-state index contributed by atoms with van der Waals surface area (Å²) in [5, 5.41) is 4.81. The monoisotopic (exact) mass is 242 g/mol. The largest absolute Gasteiger partial charge is 0.370 e. The molecule has 0 radical (unpaired) electrons. The van der Waals surface area contributed by atoms with Crippen LogP contribution in [0.15, 0.2) is 25.3 Å². The molecule has 2 heterocycles. The molecular formula is C12H18O5. The third-order valence-corrected chi connectivity index (χ3v) is 2.67. The molecule has 2 aliphatic heterocycles. The van der Waals surface area contributed by atoms with Crippen LogP contribution in [0.5, 0.6) is 0 Å². The van der Waals surface area contributed by atoms with Crippen molar-refractivity contribution < 1.29 is 24.3 Å². The summed E-state index contributed by atoms with van der Waals surface area (Å²) in [7, 11) is 0. The highest BCUT2D eigenvalue weighted by Crippen LogP contribution is 2.23. The number of epoxide rings is 2. The molecule has 0 aromatic heterocycles. The van der Waals surface area contributed by atoms with E-state index in [1.165, 1.54) is 0 Å². The Hall–Kier alpha value is -0.720. The molecular weight excluding hydrogens is 224 g/mol. The van der Waals surface area contributed by atoms with Gasteiger partial charge < -0.3 is 9.47 Å². The lowest BCUT2D eigenvalue weighted by Crippen LogP contribution is -2.24. The molecule has 0 amide bonds. The maximum absolute atomic E-state index is 5.15. The van der Waals surface area contributed by atoms with Gasteiger partial charge in [-0.25, -0.2) is 0 Å². The zero-order chi connectivity index (χ0) is 12.1. The molecule has 2 saturated heterocycles. The van der Waals surface area contributed by atoms with Gasteiger partial charge in [-0.15, -0.1) is 13.2 Å². The minimum absolute atomic E-state index is 0.0895. The molecule has 5 nitrogen and oxygen atoms in total. The second kappa shape index (κ2) is 6.28. The van der Waals surface area contributed by atoms with Crippen molar-refractivity contribution in [2.75, 3.05) is 13.2 Å². The second-order valence-electron chi connectivity index (χ2n) is 4.13. The molecule has 0 bridgehead atoms. The fourth-order valence-corrected chi connectivity index (χ4v) is 1.50. The predicted molar refractivity (Wildman–Crippen MR) is 59.9 cm³/mol. The summed E-state index contributed by atoms with van der Waals surface area (Å²) in [4.78, 5) is 10.3. The summed E-state index contributed by atoms with van der Waals surface area (Å²) < 4.78 is 10.3. The Kier molecular flexibility index (Phi) is 4.70. The van der Waals surface area contributed by atoms with Gasteiger partial charge in [-0.1, -0.05) is 17.2 Å². The van der Waals surface area contributed by atoms with Gasteiger partial charge in [0.2, 0.25) is 0 Å². The normalized spacial score (nSPS) is 29.4. The van der Waals surface area contributed by atoms with E-state index >= 15 is 0 Å². The van der Waals surface area contributed by atoms with Gasteiger partial charge in [-0.2, -0.15) is 9.78 Å². The van der Waals surface area contributed by atoms with E-state index in [9.17, 15) is 0 Å². The average Bonchev–Trinajstić information content (AvgIpc) is 3.19. The smallest absolute Gasteiger partial charge is 0.128 e. The summed E-state index contributed by atoms with van der Waals surface area (Å²) in [6.07, 6.45) is 4.73. The Morgan fingerprint density at radius 2 is 1.41 bits per heavy atom. The number of hydrogen-bond acceptors (Lipinski definition) is 5. The van der Waals surface area contributed by atoms with E-state index in [4.69, 9.17) is 24.3 Å². The SMILES string of the molecule is C=CCC(OOOC(CC=C)C1CO1)C1CO1. The van der Waals surface area contributed by atoms with Gasteiger partial charge in [0.25, 0.3) is 0 Å². The Morgan fingerprint density at radius 3 is 1.71 bits per heavy atom. The molecule has 0 aromatic rings. The number of rotatable bonds is 10. The van der Waals surface area contributed by atoms with Crippen molar-refractivity contribution in [1.82, 2.24) is 0 Å². The zero-order valence-corrected chi connectivity index (χ0v) is 9.75. The Labute approximate surface area is 101 Å². The van der Waals surface area contributed by atoms with E-state index in [-0.39, 0.29) is 24.4 Å². The molecule has 0 N–H and O–H groups in total. The van der Waals surface area contributed by atoms with Gasteiger partial charge in [0, 0.05) is 0 Å². The molecule has 96 valence electrons. The van der Waals surface area contributed by atoms with Gasteiger partial charge in [0.1, 0.15) is 24.4 Å². The molecule has 0 saturated carbocycles. The highest BCUT2D eigenvalue weighted by atomic mass is 17.5. The first-order chi connectivity index (χ1) is 8.35. The highest BCUT2D eigenvalue weighted by Gasteiger charge is 2.36. The van der Waals surface area contributed by atoms with Crippen LogP contribution in [0.2, 0.25) is 0 Å². The van der Waals surface area contributed by atoms with Gasteiger partial charge in [-0.05, 0) is 12.8 Å². The first kappa shape index (κ1) is 12.7. The van der Waals surface area contributed by atoms with E-state index in [1.54, 1.807) is 12.2 Å². The minimum Gasteiger partial charge on any atom is -0.370 e. The van der Waals surface area contributed by atoms with Crippen LogP contribution in [0.3, 0.4) is 0 Å². The molecule has 4 atom stereocenters. The van der Waals surface area contributed by atoms with Crippen molar-refractivity contribution >= 4 is 0 Å². The number of hydrogen-bond donors (Lipinski definition) is 0. The van der Waals surface area contributed by atoms with E-state index in [2.05, 4.69) is 13.2 Å². The maximum atomic E-state index is 5.15. The zero-order valence-electron chi connectivity index (χ0n) is 9.75. The summed E-state index contributed by atoms with van der Waals surface area (Å²) in [5.41, 5.74) is 0. The van der Waals surface area contributed by atoms with E-state index < -0.39 is 0 Å². The molecule has 2 rings (SSSR count). The highest BCUT2D eigenvalue weighted by molar-refractivity contribution is 4.86. The van der Waals surface area contributed by atoms with Crippen LogP contribution in [0.25, 0.3) is 0 Å². The van der Waals surface area contributed by atoms with Gasteiger partial charge in [-0.3, -0.25) is 0 Å².